The number of nitrogens with one attached hydrogen (secondary N) is 1. The second kappa shape index (κ2) is 9.54. The maximum absolute atomic E-state index is 11.2. The van der Waals surface area contributed by atoms with Gasteiger partial charge in [-0.2, -0.15) is 0 Å². The van der Waals surface area contributed by atoms with Crippen LogP contribution in [0.4, 0.5) is 5.82 Å². The third kappa shape index (κ3) is 5.55. The lowest BCUT2D eigenvalue weighted by Crippen LogP contribution is -2.20. The number of fused-ring (bicyclic) bond motifs is 1. The normalized spacial score (nSPS) is 17.6. The molecule has 3 heterocycles. The van der Waals surface area contributed by atoms with E-state index in [2.05, 4.69) is 27.4 Å². The summed E-state index contributed by atoms with van der Waals surface area (Å²) >= 11 is 0. The van der Waals surface area contributed by atoms with Crippen molar-refractivity contribution in [3.05, 3.63) is 47.7 Å². The van der Waals surface area contributed by atoms with E-state index in [-0.39, 0.29) is 12.3 Å². The molecule has 0 bridgehead atoms. The molecule has 0 saturated heterocycles. The quantitative estimate of drug-likeness (QED) is 0.544. The predicted molar refractivity (Wildman–Crippen MR) is 117 cm³/mol. The van der Waals surface area contributed by atoms with Gasteiger partial charge in [0.05, 0.1) is 6.42 Å². The number of unbranched alkanes of at least 4 members (excludes halogenated alkanes) is 3. The minimum absolute atomic E-state index is 0.00392. The van der Waals surface area contributed by atoms with Crippen molar-refractivity contribution in [3.63, 3.8) is 0 Å². The summed E-state index contributed by atoms with van der Waals surface area (Å²) in [5.74, 6) is 0.361. The van der Waals surface area contributed by atoms with E-state index in [4.69, 9.17) is 4.98 Å². The van der Waals surface area contributed by atoms with Crippen LogP contribution in [0.15, 0.2) is 30.9 Å². The Balaban J connectivity index is 1.21. The molecule has 1 aliphatic heterocycles. The number of aryl methyl sites for hydroxylation is 2. The zero-order valence-corrected chi connectivity index (χ0v) is 17.6. The van der Waals surface area contributed by atoms with Crippen LogP contribution in [0.3, 0.4) is 0 Å². The summed E-state index contributed by atoms with van der Waals surface area (Å²) in [6.07, 6.45) is 17.6. The first-order valence-electron chi connectivity index (χ1n) is 11.4. The fourth-order valence-electron chi connectivity index (χ4n) is 4.60. The summed E-state index contributed by atoms with van der Waals surface area (Å²) in [5.41, 5.74) is 3.84. The van der Waals surface area contributed by atoms with Gasteiger partial charge in [-0.1, -0.05) is 25.3 Å². The lowest BCUT2D eigenvalue weighted by molar-refractivity contribution is -0.137. The maximum atomic E-state index is 11.2. The van der Waals surface area contributed by atoms with Gasteiger partial charge in [-0.15, -0.1) is 0 Å². The van der Waals surface area contributed by atoms with Crippen molar-refractivity contribution in [2.45, 2.75) is 88.5 Å². The molecule has 1 atom stereocenters. The number of aliphatic carboxylic acids is 1. The van der Waals surface area contributed by atoms with Gasteiger partial charge >= 0.3 is 5.97 Å². The van der Waals surface area contributed by atoms with Gasteiger partial charge in [-0.3, -0.25) is 4.79 Å². The van der Waals surface area contributed by atoms with Gasteiger partial charge in [0, 0.05) is 23.6 Å². The zero-order valence-electron chi connectivity index (χ0n) is 17.6. The average Bonchev–Trinajstić information content (AvgIpc) is 3.53. The van der Waals surface area contributed by atoms with Gasteiger partial charge in [0.15, 0.2) is 0 Å². The molecule has 160 valence electrons. The van der Waals surface area contributed by atoms with Gasteiger partial charge in [-0.05, 0) is 74.5 Å². The molecule has 0 radical (unpaired) electrons. The molecule has 0 aromatic carbocycles. The predicted octanol–water partition coefficient (Wildman–Crippen LogP) is 4.90. The summed E-state index contributed by atoms with van der Waals surface area (Å²) in [7, 11) is 0. The third-order valence-electron chi connectivity index (χ3n) is 6.58. The number of carboxylic acid groups (broad SMARTS) is 1. The number of carboxylic acids is 1. The molecule has 0 unspecified atom stereocenters. The van der Waals surface area contributed by atoms with Gasteiger partial charge < -0.3 is 10.4 Å². The summed E-state index contributed by atoms with van der Waals surface area (Å²) in [6, 6.07) is 4.47. The Bertz CT molecular complexity index is 852. The smallest absolute Gasteiger partial charge is 0.303 e. The van der Waals surface area contributed by atoms with Gasteiger partial charge in [0.1, 0.15) is 12.1 Å². The highest BCUT2D eigenvalue weighted by Crippen LogP contribution is 2.45. The lowest BCUT2D eigenvalue weighted by Gasteiger charge is -2.16. The van der Waals surface area contributed by atoms with Crippen molar-refractivity contribution >= 4 is 11.8 Å². The Hall–Kier alpha value is -2.50. The number of anilines is 1. The van der Waals surface area contributed by atoms with Crippen molar-refractivity contribution in [3.8, 4) is 0 Å². The number of carbonyl (C=O) groups is 1. The van der Waals surface area contributed by atoms with Crippen molar-refractivity contribution in [2.75, 3.05) is 5.32 Å². The Morgan fingerprint density at radius 2 is 1.90 bits per heavy atom. The van der Waals surface area contributed by atoms with Crippen LogP contribution in [0.25, 0.3) is 0 Å². The maximum Gasteiger partial charge on any atom is 0.303 e. The van der Waals surface area contributed by atoms with E-state index in [1.165, 1.54) is 43.3 Å². The van der Waals surface area contributed by atoms with E-state index in [1.54, 1.807) is 12.4 Å². The van der Waals surface area contributed by atoms with E-state index in [0.29, 0.717) is 5.54 Å². The number of nitrogens with zero attached hydrogens (tertiary/aromatic N) is 3. The number of rotatable bonds is 10. The molecular formula is C24H32N4O2. The minimum Gasteiger partial charge on any atom is -0.481 e. The van der Waals surface area contributed by atoms with Crippen LogP contribution in [0.5, 0.6) is 0 Å². The van der Waals surface area contributed by atoms with Gasteiger partial charge in [0.2, 0.25) is 0 Å². The number of hydrogen-bond donors (Lipinski definition) is 2. The standard InChI is InChI=1S/C24H32N4O2/c29-22(30)14-19(20-15-25-17-26-16-20)6-3-1-2-4-8-21-10-9-18-7-5-11-24(12-13-24)28-23(18)27-21/h9-10,15-17,19H,1-8,11-14H2,(H,27,28)(H,29,30)/t19-/m0/s1. The topological polar surface area (TPSA) is 88.0 Å². The van der Waals surface area contributed by atoms with Crippen LogP contribution in [0.1, 0.15) is 86.9 Å². The Labute approximate surface area is 178 Å². The molecule has 2 aliphatic rings. The molecule has 1 aliphatic carbocycles. The van der Waals surface area contributed by atoms with Gasteiger partial charge in [0.25, 0.3) is 0 Å². The Morgan fingerprint density at radius 3 is 2.67 bits per heavy atom. The second-order valence-electron chi connectivity index (χ2n) is 8.99. The van der Waals surface area contributed by atoms with Crippen LogP contribution in [0.2, 0.25) is 0 Å². The third-order valence-corrected chi connectivity index (χ3v) is 6.58. The van der Waals surface area contributed by atoms with Gasteiger partial charge in [-0.25, -0.2) is 15.0 Å². The highest BCUT2D eigenvalue weighted by molar-refractivity contribution is 5.68. The Kier molecular flexibility index (Phi) is 6.60. The molecule has 2 aromatic rings. The van der Waals surface area contributed by atoms with Crippen LogP contribution in [0, 0.1) is 0 Å². The van der Waals surface area contributed by atoms with Crippen LogP contribution in [-0.4, -0.2) is 31.6 Å². The highest BCUT2D eigenvalue weighted by atomic mass is 16.4. The van der Waals surface area contributed by atoms with Crippen molar-refractivity contribution in [2.24, 2.45) is 0 Å². The molecule has 2 aromatic heterocycles. The number of aromatic nitrogens is 3. The van der Waals surface area contributed by atoms with E-state index in [9.17, 15) is 9.90 Å². The zero-order chi connectivity index (χ0) is 20.8. The SMILES string of the molecule is O=C(O)C[C@H](CCCCCCc1ccc2c(n1)NC1(CCC2)CC1)c1cncnc1. The van der Waals surface area contributed by atoms with Crippen molar-refractivity contribution in [1.29, 1.82) is 0 Å². The molecule has 6 nitrogen and oxygen atoms in total. The molecule has 6 heteroatoms. The fraction of sp³-hybridized carbons (Fsp3) is 0.583. The minimum atomic E-state index is -0.764. The summed E-state index contributed by atoms with van der Waals surface area (Å²) < 4.78 is 0. The van der Waals surface area contributed by atoms with E-state index < -0.39 is 5.97 Å². The molecule has 2 N–H and O–H groups in total. The average molecular weight is 409 g/mol. The first kappa shape index (κ1) is 20.8. The molecule has 4 rings (SSSR count). The fourth-order valence-corrected chi connectivity index (χ4v) is 4.60. The number of pyridine rings is 1. The first-order chi connectivity index (χ1) is 14.6. The van der Waals surface area contributed by atoms with Crippen molar-refractivity contribution in [1.82, 2.24) is 15.0 Å². The molecular weight excluding hydrogens is 376 g/mol. The summed E-state index contributed by atoms with van der Waals surface area (Å²) in [5, 5.41) is 12.9. The molecule has 1 spiro atoms. The van der Waals surface area contributed by atoms with E-state index >= 15 is 0 Å². The number of hydrogen-bond acceptors (Lipinski definition) is 5. The Morgan fingerprint density at radius 1 is 1.10 bits per heavy atom. The second-order valence-corrected chi connectivity index (χ2v) is 8.99. The molecule has 1 fully saturated rings. The molecule has 0 amide bonds. The highest BCUT2D eigenvalue weighted by Gasteiger charge is 2.43. The largest absolute Gasteiger partial charge is 0.481 e. The van der Waals surface area contributed by atoms with Crippen LogP contribution in [-0.2, 0) is 17.6 Å². The van der Waals surface area contributed by atoms with E-state index in [0.717, 1.165) is 56.3 Å². The van der Waals surface area contributed by atoms with Crippen LogP contribution >= 0.6 is 0 Å². The van der Waals surface area contributed by atoms with Crippen molar-refractivity contribution < 1.29 is 9.90 Å². The van der Waals surface area contributed by atoms with E-state index in [1.807, 2.05) is 0 Å². The summed E-state index contributed by atoms with van der Waals surface area (Å²) in [6.45, 7) is 0. The monoisotopic (exact) mass is 408 g/mol. The molecule has 1 saturated carbocycles. The lowest BCUT2D eigenvalue weighted by atomic mass is 9.92. The van der Waals surface area contributed by atoms with Crippen LogP contribution < -0.4 is 5.32 Å². The first-order valence-corrected chi connectivity index (χ1v) is 11.4. The summed E-state index contributed by atoms with van der Waals surface area (Å²) in [4.78, 5) is 24.2. The molecule has 30 heavy (non-hydrogen) atoms.